The Balaban J connectivity index is 1.43. The number of carbonyl (C=O) groups is 2. The zero-order valence-electron chi connectivity index (χ0n) is 18.4. The van der Waals surface area contributed by atoms with Crippen LogP contribution in [0.15, 0.2) is 48.5 Å². The number of hydrogen-bond acceptors (Lipinski definition) is 4. The summed E-state index contributed by atoms with van der Waals surface area (Å²) in [7, 11) is 1.31. The fourth-order valence-corrected chi connectivity index (χ4v) is 4.61. The maximum Gasteiger partial charge on any atom is 0.356 e. The molecule has 2 heterocycles. The van der Waals surface area contributed by atoms with Gasteiger partial charge in [0, 0.05) is 15.9 Å². The van der Waals surface area contributed by atoms with Gasteiger partial charge in [0.1, 0.15) is 5.69 Å². The molecule has 2 N–H and O–H groups in total. The van der Waals surface area contributed by atoms with Crippen LogP contribution in [0, 0.1) is 5.92 Å². The molecule has 7 heteroatoms. The third-order valence-electron chi connectivity index (χ3n) is 6.34. The maximum absolute atomic E-state index is 13.1. The fourth-order valence-electron chi connectivity index (χ4n) is 4.43. The molecule has 3 aromatic rings. The van der Waals surface area contributed by atoms with E-state index < -0.39 is 5.97 Å². The minimum atomic E-state index is -0.540. The van der Waals surface area contributed by atoms with Gasteiger partial charge in [0.2, 0.25) is 5.91 Å². The molecule has 0 bridgehead atoms. The number of likely N-dealkylation sites (tertiary alicyclic amines) is 1. The van der Waals surface area contributed by atoms with Crippen LogP contribution in [0.25, 0.3) is 10.9 Å². The summed E-state index contributed by atoms with van der Waals surface area (Å²) in [5, 5.41) is 4.16. The molecule has 6 nitrogen and oxygen atoms in total. The highest BCUT2D eigenvalue weighted by Gasteiger charge is 2.28. The first-order chi connectivity index (χ1) is 15.5. The summed E-state index contributed by atoms with van der Waals surface area (Å²) in [4.78, 5) is 30.6. The van der Waals surface area contributed by atoms with Crippen molar-refractivity contribution in [1.82, 2.24) is 9.88 Å². The second-order valence-electron chi connectivity index (χ2n) is 8.39. The lowest BCUT2D eigenvalue weighted by Crippen LogP contribution is -2.46. The standard InChI is InChI=1S/C25H28ClN3O3/c1-16(29-12-10-18(11-13-29)14-17-6-4-3-5-7-17)24(30)28-22-20-15-19(26)8-9-21(20)27-23(22)25(31)32-2/h3-9,15-16,18,27H,10-14H2,1-2H3,(H,28,30)/t16-/m1/s1. The van der Waals surface area contributed by atoms with Crippen LogP contribution in [0.2, 0.25) is 5.02 Å². The number of hydrogen-bond donors (Lipinski definition) is 2. The van der Waals surface area contributed by atoms with E-state index in [0.717, 1.165) is 32.4 Å². The Morgan fingerprint density at radius 1 is 1.19 bits per heavy atom. The summed E-state index contributed by atoms with van der Waals surface area (Å²) >= 11 is 6.15. The molecule has 1 aliphatic heterocycles. The minimum Gasteiger partial charge on any atom is -0.464 e. The van der Waals surface area contributed by atoms with Gasteiger partial charge >= 0.3 is 5.97 Å². The first kappa shape index (κ1) is 22.4. The number of methoxy groups -OCH3 is 1. The van der Waals surface area contributed by atoms with Crippen LogP contribution in [0.1, 0.15) is 35.8 Å². The van der Waals surface area contributed by atoms with E-state index in [2.05, 4.69) is 39.5 Å². The molecule has 0 aliphatic carbocycles. The van der Waals surface area contributed by atoms with Crippen molar-refractivity contribution in [3.05, 3.63) is 64.8 Å². The van der Waals surface area contributed by atoms with E-state index in [1.54, 1.807) is 18.2 Å². The van der Waals surface area contributed by atoms with Gasteiger partial charge < -0.3 is 15.0 Å². The van der Waals surface area contributed by atoms with Crippen molar-refractivity contribution in [2.45, 2.75) is 32.2 Å². The Kier molecular flexibility index (Phi) is 6.82. The molecule has 0 radical (unpaired) electrons. The van der Waals surface area contributed by atoms with Crippen LogP contribution in [0.3, 0.4) is 0 Å². The highest BCUT2D eigenvalue weighted by Crippen LogP contribution is 2.31. The van der Waals surface area contributed by atoms with Crippen molar-refractivity contribution in [2.24, 2.45) is 5.92 Å². The number of benzene rings is 2. The predicted molar refractivity (Wildman–Crippen MR) is 127 cm³/mol. The van der Waals surface area contributed by atoms with Crippen molar-refractivity contribution in [3.8, 4) is 0 Å². The summed E-state index contributed by atoms with van der Waals surface area (Å²) in [6, 6.07) is 15.5. The number of esters is 1. The summed E-state index contributed by atoms with van der Waals surface area (Å²) in [6.07, 6.45) is 3.19. The lowest BCUT2D eigenvalue weighted by molar-refractivity contribution is -0.121. The van der Waals surface area contributed by atoms with Crippen molar-refractivity contribution < 1.29 is 14.3 Å². The van der Waals surface area contributed by atoms with E-state index in [9.17, 15) is 9.59 Å². The number of halogens is 1. The van der Waals surface area contributed by atoms with Gasteiger partial charge in [-0.1, -0.05) is 41.9 Å². The van der Waals surface area contributed by atoms with Gasteiger partial charge in [-0.15, -0.1) is 0 Å². The molecule has 168 valence electrons. The molecular weight excluding hydrogens is 426 g/mol. The third kappa shape index (κ3) is 4.81. The molecular formula is C25H28ClN3O3. The van der Waals surface area contributed by atoms with Crippen LogP contribution >= 0.6 is 11.6 Å². The lowest BCUT2D eigenvalue weighted by Gasteiger charge is -2.35. The van der Waals surface area contributed by atoms with Gasteiger partial charge in [-0.3, -0.25) is 9.69 Å². The van der Waals surface area contributed by atoms with Gasteiger partial charge in [0.15, 0.2) is 0 Å². The highest BCUT2D eigenvalue weighted by atomic mass is 35.5. The first-order valence-electron chi connectivity index (χ1n) is 10.9. The van der Waals surface area contributed by atoms with Gasteiger partial charge in [-0.25, -0.2) is 4.79 Å². The Hall–Kier alpha value is -2.83. The molecule has 1 amide bonds. The molecule has 32 heavy (non-hydrogen) atoms. The number of nitrogens with zero attached hydrogens (tertiary/aromatic N) is 1. The zero-order valence-corrected chi connectivity index (χ0v) is 19.1. The third-order valence-corrected chi connectivity index (χ3v) is 6.58. The topological polar surface area (TPSA) is 74.4 Å². The van der Waals surface area contributed by atoms with E-state index in [-0.39, 0.29) is 17.6 Å². The number of ether oxygens (including phenoxy) is 1. The molecule has 1 fully saturated rings. The highest BCUT2D eigenvalue weighted by molar-refractivity contribution is 6.31. The molecule has 0 unspecified atom stereocenters. The summed E-state index contributed by atoms with van der Waals surface area (Å²) in [5.41, 5.74) is 2.70. The Morgan fingerprint density at radius 2 is 1.91 bits per heavy atom. The number of carbonyl (C=O) groups excluding carboxylic acids is 2. The molecule has 4 rings (SSSR count). The number of aromatic nitrogens is 1. The van der Waals surface area contributed by atoms with Crippen LogP contribution < -0.4 is 5.32 Å². The summed E-state index contributed by atoms with van der Waals surface area (Å²) in [6.45, 7) is 3.65. The van der Waals surface area contributed by atoms with Crippen LogP contribution in [0.5, 0.6) is 0 Å². The van der Waals surface area contributed by atoms with Gasteiger partial charge in [-0.2, -0.15) is 0 Å². The van der Waals surface area contributed by atoms with E-state index in [0.29, 0.717) is 27.5 Å². The van der Waals surface area contributed by atoms with E-state index in [1.165, 1.54) is 12.7 Å². The number of amides is 1. The lowest BCUT2D eigenvalue weighted by atomic mass is 9.89. The molecule has 1 aromatic heterocycles. The average molecular weight is 454 g/mol. The predicted octanol–water partition coefficient (Wildman–Crippen LogP) is 4.89. The SMILES string of the molecule is COC(=O)c1[nH]c2ccc(Cl)cc2c1NC(=O)[C@@H](C)N1CCC(Cc2ccccc2)CC1. The normalized spacial score (nSPS) is 16.1. The van der Waals surface area contributed by atoms with Gasteiger partial charge in [0.05, 0.1) is 18.8 Å². The Morgan fingerprint density at radius 3 is 2.59 bits per heavy atom. The van der Waals surface area contributed by atoms with Crippen molar-refractivity contribution in [2.75, 3.05) is 25.5 Å². The average Bonchev–Trinajstić information content (AvgIpc) is 3.16. The number of anilines is 1. The van der Waals surface area contributed by atoms with Crippen molar-refractivity contribution in [1.29, 1.82) is 0 Å². The number of piperidine rings is 1. The maximum atomic E-state index is 13.1. The van der Waals surface area contributed by atoms with E-state index in [1.807, 2.05) is 13.0 Å². The van der Waals surface area contributed by atoms with Crippen LogP contribution in [0.4, 0.5) is 5.69 Å². The number of nitrogens with one attached hydrogen (secondary N) is 2. The van der Waals surface area contributed by atoms with Gasteiger partial charge in [0.25, 0.3) is 0 Å². The molecule has 1 saturated heterocycles. The number of fused-ring (bicyclic) bond motifs is 1. The fraction of sp³-hybridized carbons (Fsp3) is 0.360. The van der Waals surface area contributed by atoms with Crippen LogP contribution in [-0.4, -0.2) is 48.0 Å². The zero-order chi connectivity index (χ0) is 22.7. The van der Waals surface area contributed by atoms with Gasteiger partial charge in [-0.05, 0) is 69.0 Å². The molecule has 0 saturated carbocycles. The second kappa shape index (κ2) is 9.76. The quantitative estimate of drug-likeness (QED) is 0.521. The monoisotopic (exact) mass is 453 g/mol. The number of H-pyrrole nitrogens is 1. The number of aromatic amines is 1. The smallest absolute Gasteiger partial charge is 0.356 e. The van der Waals surface area contributed by atoms with Crippen molar-refractivity contribution >= 4 is 40.1 Å². The first-order valence-corrected chi connectivity index (χ1v) is 11.3. The number of rotatable bonds is 6. The van der Waals surface area contributed by atoms with E-state index >= 15 is 0 Å². The summed E-state index contributed by atoms with van der Waals surface area (Å²) in [5.74, 6) is -0.0647. The van der Waals surface area contributed by atoms with Crippen LogP contribution in [-0.2, 0) is 16.0 Å². The molecule has 2 aromatic carbocycles. The Bertz CT molecular complexity index is 1100. The largest absolute Gasteiger partial charge is 0.464 e. The Labute approximate surface area is 192 Å². The van der Waals surface area contributed by atoms with Crippen molar-refractivity contribution in [3.63, 3.8) is 0 Å². The minimum absolute atomic E-state index is 0.155. The summed E-state index contributed by atoms with van der Waals surface area (Å²) < 4.78 is 4.89. The molecule has 1 atom stereocenters. The second-order valence-corrected chi connectivity index (χ2v) is 8.83. The van der Waals surface area contributed by atoms with E-state index in [4.69, 9.17) is 16.3 Å². The molecule has 1 aliphatic rings. The molecule has 0 spiro atoms.